The van der Waals surface area contributed by atoms with E-state index in [9.17, 15) is 22.4 Å². The number of hydrogen-bond donors (Lipinski definition) is 0. The number of likely N-dealkylation sites (tertiary alicyclic amines) is 1. The molecule has 0 bridgehead atoms. The number of rotatable bonds is 7. The van der Waals surface area contributed by atoms with Crippen LogP contribution in [-0.2, 0) is 9.63 Å². The highest BCUT2D eigenvalue weighted by atomic mass is 35.5. The number of carbonyl (C=O) groups is 1. The summed E-state index contributed by atoms with van der Waals surface area (Å²) in [5.41, 5.74) is 0.742. The summed E-state index contributed by atoms with van der Waals surface area (Å²) in [7, 11) is 0. The minimum absolute atomic E-state index is 0.121. The molecule has 1 saturated heterocycles. The Balaban J connectivity index is 1.19. The summed E-state index contributed by atoms with van der Waals surface area (Å²) in [5, 5.41) is 11.2. The number of nitrogens with zero attached hydrogens (tertiary/aromatic N) is 5. The third kappa shape index (κ3) is 5.28. The van der Waals surface area contributed by atoms with Gasteiger partial charge in [-0.15, -0.1) is 11.3 Å². The van der Waals surface area contributed by atoms with Gasteiger partial charge >= 0.3 is 0 Å². The minimum atomic E-state index is -3.02. The monoisotopic (exact) mass is 568 g/mol. The fraction of sp³-hybridized carbons (Fsp3) is 0.440. The van der Waals surface area contributed by atoms with Gasteiger partial charge in [0.05, 0.1) is 10.7 Å². The lowest BCUT2D eigenvalue weighted by Crippen LogP contribution is -2.41. The summed E-state index contributed by atoms with van der Waals surface area (Å²) in [6, 6.07) is 7.98. The lowest BCUT2D eigenvalue weighted by molar-refractivity contribution is -0.135. The Morgan fingerprint density at radius 1 is 1.24 bits per heavy atom. The Labute approximate surface area is 225 Å². The Morgan fingerprint density at radius 3 is 2.68 bits per heavy atom. The number of aromatic nitrogens is 3. The molecule has 2 aromatic heterocycles. The van der Waals surface area contributed by atoms with Crippen molar-refractivity contribution in [2.75, 3.05) is 13.1 Å². The van der Waals surface area contributed by atoms with E-state index in [1.165, 1.54) is 18.3 Å². The van der Waals surface area contributed by atoms with Crippen molar-refractivity contribution in [1.29, 1.82) is 0 Å². The maximum atomic E-state index is 13.4. The molecule has 0 N–H and O–H groups in total. The first kappa shape index (κ1) is 26.6. The Hall–Kier alpha value is -2.99. The van der Waals surface area contributed by atoms with E-state index < -0.39 is 36.2 Å². The summed E-state index contributed by atoms with van der Waals surface area (Å²) in [6.07, 6.45) is -4.56. The third-order valence-corrected chi connectivity index (χ3v) is 8.09. The molecule has 2 aliphatic rings. The molecule has 1 unspecified atom stereocenters. The summed E-state index contributed by atoms with van der Waals surface area (Å²) in [5.74, 6) is -0.315. The van der Waals surface area contributed by atoms with Crippen molar-refractivity contribution in [1.82, 2.24) is 19.7 Å². The maximum absolute atomic E-state index is 13.4. The fourth-order valence-electron chi connectivity index (χ4n) is 4.69. The smallest absolute Gasteiger partial charge is 0.282 e. The van der Waals surface area contributed by atoms with Crippen molar-refractivity contribution in [3.05, 3.63) is 68.4 Å². The van der Waals surface area contributed by atoms with Crippen LogP contribution in [-0.4, -0.2) is 44.4 Å². The number of thiazole rings is 1. The number of alkyl halides is 4. The molecule has 5 rings (SSSR count). The second-order valence-corrected chi connectivity index (χ2v) is 10.5. The molecule has 1 aromatic carbocycles. The molecule has 201 valence electrons. The highest BCUT2D eigenvalue weighted by Gasteiger charge is 2.33. The standard InChI is InChI=1S/C25H23ClF4N5O2S/c1-13(35-20(23(29)30)10-18(32-35)22(27)28)25(36)34-8-6-14(7-9-34)24-31-19(12-38-24)17-11-21(37-33-17)15-4-2-3-5-16(15)26/h2-3,5,10,12-14,21-23H,6-9,11H2,1H3/t13?,21-/m1/s1. The van der Waals surface area contributed by atoms with Gasteiger partial charge in [0.1, 0.15) is 23.1 Å². The van der Waals surface area contributed by atoms with Gasteiger partial charge in [-0.3, -0.25) is 9.48 Å². The van der Waals surface area contributed by atoms with Gasteiger partial charge in [0.15, 0.2) is 6.10 Å². The predicted octanol–water partition coefficient (Wildman–Crippen LogP) is 6.50. The maximum Gasteiger partial charge on any atom is 0.282 e. The molecule has 1 amide bonds. The van der Waals surface area contributed by atoms with E-state index in [1.807, 2.05) is 5.38 Å². The van der Waals surface area contributed by atoms with Crippen LogP contribution in [0.15, 0.2) is 34.8 Å². The number of oxime groups is 1. The van der Waals surface area contributed by atoms with Gasteiger partial charge in [-0.05, 0) is 38.0 Å². The summed E-state index contributed by atoms with van der Waals surface area (Å²) in [6.45, 7) is 2.18. The van der Waals surface area contributed by atoms with Gasteiger partial charge in [0, 0.05) is 41.4 Å². The fourth-order valence-corrected chi connectivity index (χ4v) is 5.94. The number of benzene rings is 1. The lowest BCUT2D eigenvalue weighted by atomic mass is 9.97. The van der Waals surface area contributed by atoms with Crippen LogP contribution in [0.3, 0.4) is 0 Å². The van der Waals surface area contributed by atoms with E-state index in [4.69, 9.17) is 21.4 Å². The lowest BCUT2D eigenvalue weighted by Gasteiger charge is -2.33. The van der Waals surface area contributed by atoms with Crippen LogP contribution in [0.1, 0.15) is 84.8 Å². The Bertz CT molecular complexity index is 1340. The molecule has 13 heteroatoms. The minimum Gasteiger partial charge on any atom is -0.387 e. The van der Waals surface area contributed by atoms with Crippen LogP contribution in [0.5, 0.6) is 0 Å². The molecule has 0 aliphatic carbocycles. The molecule has 1 fully saturated rings. The van der Waals surface area contributed by atoms with Crippen molar-refractivity contribution < 1.29 is 27.2 Å². The molecule has 0 spiro atoms. The Kier molecular flexibility index (Phi) is 7.71. The first-order valence-electron chi connectivity index (χ1n) is 12.0. The Morgan fingerprint density at radius 2 is 2.00 bits per heavy atom. The molecule has 3 aromatic rings. The van der Waals surface area contributed by atoms with Crippen LogP contribution in [0, 0.1) is 6.07 Å². The van der Waals surface area contributed by atoms with Gasteiger partial charge in [0.2, 0.25) is 5.91 Å². The quantitative estimate of drug-likeness (QED) is 0.305. The normalized spacial score (nSPS) is 19.2. The molecule has 2 atom stereocenters. The molecular formula is C25H23ClF4N5O2S. The van der Waals surface area contributed by atoms with Crippen molar-refractivity contribution in [3.63, 3.8) is 0 Å². The average Bonchev–Trinajstić information content (AvgIpc) is 3.67. The predicted molar refractivity (Wildman–Crippen MR) is 133 cm³/mol. The van der Waals surface area contributed by atoms with Crippen LogP contribution >= 0.6 is 22.9 Å². The number of halogens is 5. The topological polar surface area (TPSA) is 72.6 Å². The molecular weight excluding hydrogens is 546 g/mol. The molecule has 0 saturated carbocycles. The van der Waals surface area contributed by atoms with Crippen molar-refractivity contribution >= 4 is 34.6 Å². The highest BCUT2D eigenvalue weighted by Crippen LogP contribution is 2.36. The average molecular weight is 569 g/mol. The van der Waals surface area contributed by atoms with E-state index >= 15 is 0 Å². The van der Waals surface area contributed by atoms with Gasteiger partial charge in [0.25, 0.3) is 12.9 Å². The van der Waals surface area contributed by atoms with Crippen LogP contribution in [0.2, 0.25) is 5.02 Å². The number of amides is 1. The number of hydrogen-bond acceptors (Lipinski definition) is 6. The summed E-state index contributed by atoms with van der Waals surface area (Å²) < 4.78 is 53.5. The van der Waals surface area contributed by atoms with Crippen molar-refractivity contribution in [2.45, 2.75) is 57.1 Å². The third-order valence-electron chi connectivity index (χ3n) is 6.75. The number of carbonyl (C=O) groups excluding carboxylic acids is 1. The van der Waals surface area contributed by atoms with E-state index in [0.29, 0.717) is 48.1 Å². The van der Waals surface area contributed by atoms with Gasteiger partial charge in [-0.2, -0.15) is 5.10 Å². The van der Waals surface area contributed by atoms with E-state index in [-0.39, 0.29) is 12.0 Å². The molecule has 7 nitrogen and oxygen atoms in total. The zero-order valence-corrected chi connectivity index (χ0v) is 21.7. The van der Waals surface area contributed by atoms with Crippen LogP contribution < -0.4 is 0 Å². The van der Waals surface area contributed by atoms with Crippen LogP contribution in [0.4, 0.5) is 17.6 Å². The molecule has 1 radical (unpaired) electrons. The van der Waals surface area contributed by atoms with Crippen molar-refractivity contribution in [2.24, 2.45) is 5.16 Å². The first-order valence-corrected chi connectivity index (χ1v) is 13.3. The molecule has 2 aliphatic heterocycles. The summed E-state index contributed by atoms with van der Waals surface area (Å²) >= 11 is 7.77. The second-order valence-electron chi connectivity index (χ2n) is 9.15. The molecule has 38 heavy (non-hydrogen) atoms. The van der Waals surface area contributed by atoms with Gasteiger partial charge in [-0.25, -0.2) is 22.5 Å². The largest absolute Gasteiger partial charge is 0.387 e. The molecule has 4 heterocycles. The first-order chi connectivity index (χ1) is 18.2. The van der Waals surface area contributed by atoms with E-state index in [1.54, 1.807) is 23.1 Å². The van der Waals surface area contributed by atoms with Crippen molar-refractivity contribution in [3.8, 4) is 0 Å². The van der Waals surface area contributed by atoms with Gasteiger partial charge < -0.3 is 9.74 Å². The van der Waals surface area contributed by atoms with E-state index in [0.717, 1.165) is 22.0 Å². The van der Waals surface area contributed by atoms with Gasteiger partial charge in [-0.1, -0.05) is 28.9 Å². The van der Waals surface area contributed by atoms with Crippen LogP contribution in [0.25, 0.3) is 0 Å². The summed E-state index contributed by atoms with van der Waals surface area (Å²) in [4.78, 5) is 24.9. The number of piperidine rings is 1. The van der Waals surface area contributed by atoms with E-state index in [2.05, 4.69) is 16.3 Å². The zero-order valence-electron chi connectivity index (χ0n) is 20.2. The SMILES string of the molecule is CC(C(=O)N1CCC(c2nc(C3=NO[C@@H](c4[c]cccc4Cl)C3)cs2)CC1)n1nc(C(F)F)cc1C(F)F. The second kappa shape index (κ2) is 11.0. The zero-order chi connectivity index (χ0) is 27.0. The highest BCUT2D eigenvalue weighted by molar-refractivity contribution is 7.10.